The minimum absolute atomic E-state index is 0.106. The molecule has 0 bridgehead atoms. The summed E-state index contributed by atoms with van der Waals surface area (Å²) in [4.78, 5) is 0. The van der Waals surface area contributed by atoms with Crippen molar-refractivity contribution in [3.05, 3.63) is 29.8 Å². The molecule has 0 aliphatic carbocycles. The van der Waals surface area contributed by atoms with Crippen molar-refractivity contribution in [2.45, 2.75) is 13.5 Å². The second-order valence-electron chi connectivity index (χ2n) is 3.79. The Morgan fingerprint density at radius 3 is 2.94 bits per heavy atom. The normalized spacial score (nSPS) is 13.4. The van der Waals surface area contributed by atoms with Gasteiger partial charge in [0, 0.05) is 5.92 Å². The lowest BCUT2D eigenvalue weighted by molar-refractivity contribution is 0.107. The number of hydrogen-bond acceptors (Lipinski definition) is 4. The maximum Gasteiger partial charge on any atom is 0.144 e. The molecule has 1 atom stereocenters. The summed E-state index contributed by atoms with van der Waals surface area (Å²) in [7, 11) is 1.63. The quantitative estimate of drug-likeness (QED) is 0.341. The molecule has 0 radical (unpaired) electrons. The SMILES string of the molecule is COc1cccc(COCC(C)C(N)=NO)c1. The molecule has 5 nitrogen and oxygen atoms in total. The highest BCUT2D eigenvalue weighted by Crippen LogP contribution is 2.13. The Hall–Kier alpha value is -1.75. The van der Waals surface area contributed by atoms with E-state index in [9.17, 15) is 0 Å². The average Bonchev–Trinajstić information content (AvgIpc) is 2.37. The molecule has 1 aromatic carbocycles. The third-order valence-electron chi connectivity index (χ3n) is 2.39. The van der Waals surface area contributed by atoms with Gasteiger partial charge in [-0.05, 0) is 17.7 Å². The minimum atomic E-state index is -0.106. The van der Waals surface area contributed by atoms with Gasteiger partial charge in [-0.1, -0.05) is 24.2 Å². The zero-order valence-corrected chi connectivity index (χ0v) is 10.1. The molecule has 0 aromatic heterocycles. The van der Waals surface area contributed by atoms with Crippen molar-refractivity contribution in [3.63, 3.8) is 0 Å². The van der Waals surface area contributed by atoms with Gasteiger partial charge in [0.25, 0.3) is 0 Å². The maximum atomic E-state index is 8.48. The molecule has 3 N–H and O–H groups in total. The summed E-state index contributed by atoms with van der Waals surface area (Å²) in [5.41, 5.74) is 6.47. The van der Waals surface area contributed by atoms with Crippen LogP contribution in [0.2, 0.25) is 0 Å². The largest absolute Gasteiger partial charge is 0.497 e. The molecule has 17 heavy (non-hydrogen) atoms. The summed E-state index contributed by atoms with van der Waals surface area (Å²) in [5.74, 6) is 0.872. The molecule has 1 unspecified atom stereocenters. The van der Waals surface area contributed by atoms with Crippen LogP contribution in [-0.2, 0) is 11.3 Å². The lowest BCUT2D eigenvalue weighted by Crippen LogP contribution is -2.25. The van der Waals surface area contributed by atoms with E-state index in [-0.39, 0.29) is 11.8 Å². The summed E-state index contributed by atoms with van der Waals surface area (Å²) in [6, 6.07) is 7.65. The van der Waals surface area contributed by atoms with Crippen LogP contribution in [0.3, 0.4) is 0 Å². The van der Waals surface area contributed by atoms with Gasteiger partial charge in [-0.2, -0.15) is 0 Å². The van der Waals surface area contributed by atoms with Crippen LogP contribution in [0.25, 0.3) is 0 Å². The number of hydrogen-bond donors (Lipinski definition) is 2. The first kappa shape index (κ1) is 13.3. The van der Waals surface area contributed by atoms with Crippen LogP contribution in [0.1, 0.15) is 12.5 Å². The fourth-order valence-electron chi connectivity index (χ4n) is 1.30. The van der Waals surface area contributed by atoms with E-state index in [1.165, 1.54) is 0 Å². The van der Waals surface area contributed by atoms with Gasteiger partial charge in [-0.15, -0.1) is 0 Å². The molecule has 5 heteroatoms. The number of rotatable bonds is 6. The number of ether oxygens (including phenoxy) is 2. The molecule has 0 spiro atoms. The fraction of sp³-hybridized carbons (Fsp3) is 0.417. The average molecular weight is 238 g/mol. The van der Waals surface area contributed by atoms with Gasteiger partial charge in [-0.3, -0.25) is 0 Å². The van der Waals surface area contributed by atoms with Crippen LogP contribution in [-0.4, -0.2) is 24.8 Å². The Balaban J connectivity index is 2.40. The van der Waals surface area contributed by atoms with Crippen molar-refractivity contribution < 1.29 is 14.7 Å². The Labute approximate surface area is 101 Å². The van der Waals surface area contributed by atoms with Crippen LogP contribution in [0.5, 0.6) is 5.75 Å². The second kappa shape index (κ2) is 6.75. The number of nitrogens with zero attached hydrogens (tertiary/aromatic N) is 1. The van der Waals surface area contributed by atoms with Crippen molar-refractivity contribution in [3.8, 4) is 5.75 Å². The summed E-state index contributed by atoms with van der Waals surface area (Å²) in [6.07, 6.45) is 0. The van der Waals surface area contributed by atoms with E-state index in [1.54, 1.807) is 7.11 Å². The highest BCUT2D eigenvalue weighted by molar-refractivity contribution is 5.81. The predicted molar refractivity (Wildman–Crippen MR) is 65.2 cm³/mol. The first-order valence-corrected chi connectivity index (χ1v) is 5.35. The number of benzene rings is 1. The smallest absolute Gasteiger partial charge is 0.144 e. The summed E-state index contributed by atoms with van der Waals surface area (Å²) in [5, 5.41) is 11.4. The Morgan fingerprint density at radius 2 is 2.29 bits per heavy atom. The zero-order valence-electron chi connectivity index (χ0n) is 10.1. The maximum absolute atomic E-state index is 8.48. The molecule has 0 saturated carbocycles. The topological polar surface area (TPSA) is 77.1 Å². The van der Waals surface area contributed by atoms with Gasteiger partial charge in [0.2, 0.25) is 0 Å². The van der Waals surface area contributed by atoms with E-state index in [1.807, 2.05) is 31.2 Å². The number of nitrogens with two attached hydrogens (primary N) is 1. The molecule has 0 aliphatic heterocycles. The van der Waals surface area contributed by atoms with Crippen molar-refractivity contribution in [1.29, 1.82) is 0 Å². The monoisotopic (exact) mass is 238 g/mol. The first-order chi connectivity index (χ1) is 8.17. The predicted octanol–water partition coefficient (Wildman–Crippen LogP) is 1.59. The van der Waals surface area contributed by atoms with Crippen LogP contribution in [0.15, 0.2) is 29.4 Å². The van der Waals surface area contributed by atoms with Crippen molar-refractivity contribution in [2.24, 2.45) is 16.8 Å². The summed E-state index contributed by atoms with van der Waals surface area (Å²) >= 11 is 0. The zero-order chi connectivity index (χ0) is 12.7. The Bertz CT molecular complexity index is 380. The van der Waals surface area contributed by atoms with Gasteiger partial charge in [0.1, 0.15) is 11.6 Å². The summed E-state index contributed by atoms with van der Waals surface area (Å²) < 4.78 is 10.6. The Kier molecular flexibility index (Phi) is 5.29. The molecule has 0 fully saturated rings. The molecule has 0 heterocycles. The standard InChI is InChI=1S/C12H18N2O3/c1-9(12(13)14-15)7-17-8-10-4-3-5-11(6-10)16-2/h3-6,9,15H,7-8H2,1-2H3,(H2,13,14). The van der Waals surface area contributed by atoms with Crippen molar-refractivity contribution in [2.75, 3.05) is 13.7 Å². The van der Waals surface area contributed by atoms with E-state index in [0.29, 0.717) is 13.2 Å². The van der Waals surface area contributed by atoms with Gasteiger partial charge >= 0.3 is 0 Å². The third-order valence-corrected chi connectivity index (χ3v) is 2.39. The van der Waals surface area contributed by atoms with Crippen LogP contribution >= 0.6 is 0 Å². The van der Waals surface area contributed by atoms with Crippen molar-refractivity contribution >= 4 is 5.84 Å². The van der Waals surface area contributed by atoms with Crippen LogP contribution in [0.4, 0.5) is 0 Å². The summed E-state index contributed by atoms with van der Waals surface area (Å²) in [6.45, 7) is 2.72. The van der Waals surface area contributed by atoms with Gasteiger partial charge in [0.05, 0.1) is 20.3 Å². The lowest BCUT2D eigenvalue weighted by atomic mass is 10.2. The Morgan fingerprint density at radius 1 is 1.53 bits per heavy atom. The van der Waals surface area contributed by atoms with Crippen LogP contribution in [0, 0.1) is 5.92 Å². The molecule has 1 rings (SSSR count). The molecule has 0 amide bonds. The number of methoxy groups -OCH3 is 1. The second-order valence-corrected chi connectivity index (χ2v) is 3.79. The highest BCUT2D eigenvalue weighted by Gasteiger charge is 2.07. The molecule has 1 aromatic rings. The molecule has 0 saturated heterocycles. The molecular weight excluding hydrogens is 220 g/mol. The van der Waals surface area contributed by atoms with Crippen molar-refractivity contribution in [1.82, 2.24) is 0 Å². The third kappa shape index (κ3) is 4.32. The van der Waals surface area contributed by atoms with E-state index in [4.69, 9.17) is 20.4 Å². The lowest BCUT2D eigenvalue weighted by Gasteiger charge is -2.10. The number of amidine groups is 1. The molecule has 0 aliphatic rings. The number of oxime groups is 1. The van der Waals surface area contributed by atoms with E-state index in [2.05, 4.69) is 5.16 Å². The van der Waals surface area contributed by atoms with Gasteiger partial charge < -0.3 is 20.4 Å². The highest BCUT2D eigenvalue weighted by atomic mass is 16.5. The van der Waals surface area contributed by atoms with Gasteiger partial charge in [0.15, 0.2) is 0 Å². The first-order valence-electron chi connectivity index (χ1n) is 5.35. The fourth-order valence-corrected chi connectivity index (χ4v) is 1.30. The van der Waals surface area contributed by atoms with E-state index >= 15 is 0 Å². The van der Waals surface area contributed by atoms with Gasteiger partial charge in [-0.25, -0.2) is 0 Å². The van der Waals surface area contributed by atoms with E-state index in [0.717, 1.165) is 11.3 Å². The van der Waals surface area contributed by atoms with E-state index < -0.39 is 0 Å². The van der Waals surface area contributed by atoms with Crippen LogP contribution < -0.4 is 10.5 Å². The molecule has 94 valence electrons. The minimum Gasteiger partial charge on any atom is -0.497 e. The molecular formula is C12H18N2O3.